The van der Waals surface area contributed by atoms with E-state index in [9.17, 15) is 0 Å². The SMILES string of the molecule is Cc1ccc(N)c(NC(C)C2CCCO2)c1. The Morgan fingerprint density at radius 1 is 1.50 bits per heavy atom. The lowest BCUT2D eigenvalue weighted by molar-refractivity contribution is 0.0997. The van der Waals surface area contributed by atoms with Crippen LogP contribution in [0.5, 0.6) is 0 Å². The fourth-order valence-corrected chi connectivity index (χ4v) is 2.13. The summed E-state index contributed by atoms with van der Waals surface area (Å²) in [6.45, 7) is 5.11. The monoisotopic (exact) mass is 220 g/mol. The number of hydrogen-bond donors (Lipinski definition) is 2. The summed E-state index contributed by atoms with van der Waals surface area (Å²) in [5, 5.41) is 3.44. The van der Waals surface area contributed by atoms with Crippen LogP contribution < -0.4 is 11.1 Å². The number of nitrogen functional groups attached to an aromatic ring is 1. The third-order valence-electron chi connectivity index (χ3n) is 3.11. The first kappa shape index (κ1) is 11.3. The van der Waals surface area contributed by atoms with Gasteiger partial charge in [0.1, 0.15) is 0 Å². The molecule has 0 amide bonds. The molecule has 1 saturated heterocycles. The van der Waals surface area contributed by atoms with E-state index in [4.69, 9.17) is 10.5 Å². The van der Waals surface area contributed by atoms with Crippen LogP contribution in [-0.4, -0.2) is 18.8 Å². The molecule has 2 unspecified atom stereocenters. The first-order valence-corrected chi connectivity index (χ1v) is 5.91. The van der Waals surface area contributed by atoms with Crippen molar-refractivity contribution in [3.05, 3.63) is 23.8 Å². The van der Waals surface area contributed by atoms with E-state index in [0.29, 0.717) is 12.1 Å². The van der Waals surface area contributed by atoms with E-state index in [-0.39, 0.29) is 0 Å². The largest absolute Gasteiger partial charge is 0.397 e. The van der Waals surface area contributed by atoms with Crippen LogP contribution in [0.2, 0.25) is 0 Å². The molecule has 3 heteroatoms. The molecule has 16 heavy (non-hydrogen) atoms. The van der Waals surface area contributed by atoms with Gasteiger partial charge in [-0.3, -0.25) is 0 Å². The number of anilines is 2. The summed E-state index contributed by atoms with van der Waals surface area (Å²) >= 11 is 0. The van der Waals surface area contributed by atoms with Gasteiger partial charge in [0.05, 0.1) is 17.5 Å². The summed E-state index contributed by atoms with van der Waals surface area (Å²) in [5.41, 5.74) is 8.97. The molecule has 2 rings (SSSR count). The molecule has 1 aromatic rings. The molecule has 0 bridgehead atoms. The summed E-state index contributed by atoms with van der Waals surface area (Å²) in [4.78, 5) is 0. The van der Waals surface area contributed by atoms with E-state index in [2.05, 4.69) is 25.2 Å². The zero-order valence-corrected chi connectivity index (χ0v) is 9.99. The molecule has 1 fully saturated rings. The van der Waals surface area contributed by atoms with Gasteiger partial charge in [-0.15, -0.1) is 0 Å². The molecule has 0 aliphatic carbocycles. The Kier molecular flexibility index (Phi) is 3.34. The van der Waals surface area contributed by atoms with Gasteiger partial charge in [-0.05, 0) is 44.4 Å². The van der Waals surface area contributed by atoms with Gasteiger partial charge in [-0.2, -0.15) is 0 Å². The van der Waals surface area contributed by atoms with Crippen LogP contribution in [0, 0.1) is 6.92 Å². The normalized spacial score (nSPS) is 22.0. The number of nitrogens with two attached hydrogens (primary N) is 1. The van der Waals surface area contributed by atoms with Crippen LogP contribution in [0.1, 0.15) is 25.3 Å². The number of ether oxygens (including phenoxy) is 1. The first-order chi connectivity index (χ1) is 7.66. The minimum atomic E-state index is 0.312. The summed E-state index contributed by atoms with van der Waals surface area (Å²) in [6.07, 6.45) is 2.62. The number of aryl methyl sites for hydroxylation is 1. The Morgan fingerprint density at radius 2 is 2.31 bits per heavy atom. The van der Waals surface area contributed by atoms with Crippen LogP contribution in [0.15, 0.2) is 18.2 Å². The molecule has 0 saturated carbocycles. The highest BCUT2D eigenvalue weighted by Crippen LogP contribution is 2.24. The minimum absolute atomic E-state index is 0.312. The van der Waals surface area contributed by atoms with Crippen molar-refractivity contribution in [1.82, 2.24) is 0 Å². The number of nitrogens with one attached hydrogen (secondary N) is 1. The minimum Gasteiger partial charge on any atom is -0.397 e. The molecule has 1 aromatic carbocycles. The van der Waals surface area contributed by atoms with Crippen molar-refractivity contribution in [3.8, 4) is 0 Å². The van der Waals surface area contributed by atoms with Crippen molar-refractivity contribution in [1.29, 1.82) is 0 Å². The summed E-state index contributed by atoms with van der Waals surface area (Å²) < 4.78 is 5.65. The van der Waals surface area contributed by atoms with E-state index < -0.39 is 0 Å². The summed E-state index contributed by atoms with van der Waals surface area (Å²) in [7, 11) is 0. The van der Waals surface area contributed by atoms with Gasteiger partial charge in [-0.25, -0.2) is 0 Å². The van der Waals surface area contributed by atoms with Crippen LogP contribution in [0.4, 0.5) is 11.4 Å². The highest BCUT2D eigenvalue weighted by Gasteiger charge is 2.22. The molecule has 0 radical (unpaired) electrons. The number of rotatable bonds is 3. The molecule has 0 aromatic heterocycles. The molecule has 3 N–H and O–H groups in total. The van der Waals surface area contributed by atoms with Gasteiger partial charge in [0, 0.05) is 12.6 Å². The van der Waals surface area contributed by atoms with Gasteiger partial charge < -0.3 is 15.8 Å². The molecule has 0 spiro atoms. The highest BCUT2D eigenvalue weighted by atomic mass is 16.5. The lowest BCUT2D eigenvalue weighted by atomic mass is 10.1. The Morgan fingerprint density at radius 3 is 3.00 bits per heavy atom. The van der Waals surface area contributed by atoms with Crippen molar-refractivity contribution in [2.45, 2.75) is 38.8 Å². The predicted octanol–water partition coefficient (Wildman–Crippen LogP) is 2.56. The first-order valence-electron chi connectivity index (χ1n) is 5.91. The zero-order chi connectivity index (χ0) is 11.5. The van der Waals surface area contributed by atoms with Crippen molar-refractivity contribution >= 4 is 11.4 Å². The van der Waals surface area contributed by atoms with Crippen molar-refractivity contribution in [2.75, 3.05) is 17.7 Å². The smallest absolute Gasteiger partial charge is 0.0774 e. The van der Waals surface area contributed by atoms with E-state index in [1.807, 2.05) is 12.1 Å². The topological polar surface area (TPSA) is 47.3 Å². The molecule has 2 atom stereocenters. The maximum Gasteiger partial charge on any atom is 0.0774 e. The van der Waals surface area contributed by atoms with Gasteiger partial charge in [0.15, 0.2) is 0 Å². The van der Waals surface area contributed by atoms with Crippen LogP contribution in [0.3, 0.4) is 0 Å². The van der Waals surface area contributed by atoms with Crippen LogP contribution >= 0.6 is 0 Å². The van der Waals surface area contributed by atoms with Crippen molar-refractivity contribution < 1.29 is 4.74 Å². The van der Waals surface area contributed by atoms with Gasteiger partial charge in [0.2, 0.25) is 0 Å². The Hall–Kier alpha value is -1.22. The van der Waals surface area contributed by atoms with Crippen molar-refractivity contribution in [3.63, 3.8) is 0 Å². The molecule has 1 heterocycles. The summed E-state index contributed by atoms with van der Waals surface area (Å²) in [6, 6.07) is 6.37. The number of benzene rings is 1. The lowest BCUT2D eigenvalue weighted by Gasteiger charge is -2.22. The van der Waals surface area contributed by atoms with E-state index in [0.717, 1.165) is 24.4 Å². The second-order valence-electron chi connectivity index (χ2n) is 4.58. The summed E-state index contributed by atoms with van der Waals surface area (Å²) in [5.74, 6) is 0. The molecule has 3 nitrogen and oxygen atoms in total. The van der Waals surface area contributed by atoms with Gasteiger partial charge in [-0.1, -0.05) is 6.07 Å². The van der Waals surface area contributed by atoms with E-state index in [1.54, 1.807) is 0 Å². The Labute approximate surface area is 97.0 Å². The zero-order valence-electron chi connectivity index (χ0n) is 9.99. The van der Waals surface area contributed by atoms with Crippen LogP contribution in [0.25, 0.3) is 0 Å². The predicted molar refractivity (Wildman–Crippen MR) is 67.7 cm³/mol. The molecular formula is C13H20N2O. The van der Waals surface area contributed by atoms with Gasteiger partial charge >= 0.3 is 0 Å². The fraction of sp³-hybridized carbons (Fsp3) is 0.538. The quantitative estimate of drug-likeness (QED) is 0.770. The molecular weight excluding hydrogens is 200 g/mol. The van der Waals surface area contributed by atoms with E-state index >= 15 is 0 Å². The standard InChI is InChI=1S/C13H20N2O/c1-9-5-6-11(14)12(8-9)15-10(2)13-4-3-7-16-13/h5-6,8,10,13,15H,3-4,7,14H2,1-2H3. The average Bonchev–Trinajstić information content (AvgIpc) is 2.76. The Balaban J connectivity index is 2.04. The van der Waals surface area contributed by atoms with E-state index in [1.165, 1.54) is 12.0 Å². The van der Waals surface area contributed by atoms with Crippen molar-refractivity contribution in [2.24, 2.45) is 0 Å². The maximum atomic E-state index is 5.93. The molecule has 88 valence electrons. The number of hydrogen-bond acceptors (Lipinski definition) is 3. The third-order valence-corrected chi connectivity index (χ3v) is 3.11. The highest BCUT2D eigenvalue weighted by molar-refractivity contribution is 5.67. The fourth-order valence-electron chi connectivity index (χ4n) is 2.13. The average molecular weight is 220 g/mol. The maximum absolute atomic E-state index is 5.93. The van der Waals surface area contributed by atoms with Gasteiger partial charge in [0.25, 0.3) is 0 Å². The second-order valence-corrected chi connectivity index (χ2v) is 4.58. The third kappa shape index (κ3) is 2.47. The Bertz CT molecular complexity index is 359. The molecule has 1 aliphatic heterocycles. The second kappa shape index (κ2) is 4.74. The molecule has 1 aliphatic rings. The lowest BCUT2D eigenvalue weighted by Crippen LogP contribution is -2.30. The van der Waals surface area contributed by atoms with Crippen LogP contribution in [-0.2, 0) is 4.74 Å².